The monoisotopic (exact) mass is 395 g/mol. The number of aryl methyl sites for hydroxylation is 1. The average molecular weight is 396 g/mol. The summed E-state index contributed by atoms with van der Waals surface area (Å²) in [5.74, 6) is 0.502. The highest BCUT2D eigenvalue weighted by atomic mass is 35.5. The van der Waals surface area contributed by atoms with Crippen molar-refractivity contribution in [2.24, 2.45) is 0 Å². The third kappa shape index (κ3) is 5.47. The van der Waals surface area contributed by atoms with Gasteiger partial charge >= 0.3 is 0 Å². The van der Waals surface area contributed by atoms with Gasteiger partial charge in [0.15, 0.2) is 0 Å². The van der Waals surface area contributed by atoms with Crippen molar-refractivity contribution in [3.63, 3.8) is 0 Å². The number of pyridine rings is 1. The molecule has 3 rings (SSSR count). The number of methoxy groups -OCH3 is 1. The van der Waals surface area contributed by atoms with Gasteiger partial charge in [-0.1, -0.05) is 41.9 Å². The lowest BCUT2D eigenvalue weighted by atomic mass is 10.1. The molecular weight excluding hydrogens is 374 g/mol. The number of nitrogens with one attached hydrogen (secondary N) is 2. The lowest BCUT2D eigenvalue weighted by molar-refractivity contribution is 0.0953. The highest BCUT2D eigenvalue weighted by molar-refractivity contribution is 6.31. The number of halogens is 1. The molecule has 0 atom stereocenters. The maximum Gasteiger partial charge on any atom is 0.252 e. The molecule has 2 aromatic carbocycles. The van der Waals surface area contributed by atoms with Gasteiger partial charge in [-0.3, -0.25) is 9.78 Å². The maximum absolute atomic E-state index is 12.4. The molecule has 1 heterocycles. The summed E-state index contributed by atoms with van der Waals surface area (Å²) < 4.78 is 5.33. The second-order valence-electron chi connectivity index (χ2n) is 6.28. The summed E-state index contributed by atoms with van der Waals surface area (Å²) in [5, 5.41) is 6.72. The maximum atomic E-state index is 12.4. The van der Waals surface area contributed by atoms with Crippen molar-refractivity contribution in [1.29, 1.82) is 0 Å². The molecule has 0 saturated carbocycles. The van der Waals surface area contributed by atoms with Crippen molar-refractivity contribution < 1.29 is 9.53 Å². The van der Waals surface area contributed by atoms with Gasteiger partial charge in [-0.2, -0.15) is 0 Å². The molecule has 0 saturated heterocycles. The van der Waals surface area contributed by atoms with E-state index < -0.39 is 0 Å². The van der Waals surface area contributed by atoms with E-state index in [-0.39, 0.29) is 5.91 Å². The Labute approximate surface area is 169 Å². The fraction of sp³-hybridized carbons (Fsp3) is 0.182. The summed E-state index contributed by atoms with van der Waals surface area (Å²) in [6.45, 7) is 0.605. The Bertz CT molecular complexity index is 932. The Morgan fingerprint density at radius 3 is 2.71 bits per heavy atom. The van der Waals surface area contributed by atoms with Crippen LogP contribution in [0.4, 0.5) is 11.4 Å². The standard InChI is InChI=1S/C22H22ClN3O2/c1-28-21-10-9-18(23)13-20(21)26-19-12-17(14-24-15-19)22(27)25-11-5-8-16-6-3-2-4-7-16/h2-4,6-7,9-10,12-15,26H,5,8,11H2,1H3,(H,25,27). The van der Waals surface area contributed by atoms with Crippen LogP contribution in [0.2, 0.25) is 5.02 Å². The van der Waals surface area contributed by atoms with Crippen LogP contribution in [0.5, 0.6) is 5.75 Å². The number of nitrogens with zero attached hydrogens (tertiary/aromatic N) is 1. The molecular formula is C22H22ClN3O2. The van der Waals surface area contributed by atoms with E-state index in [4.69, 9.17) is 16.3 Å². The Morgan fingerprint density at radius 2 is 1.93 bits per heavy atom. The van der Waals surface area contributed by atoms with Crippen molar-refractivity contribution in [1.82, 2.24) is 10.3 Å². The van der Waals surface area contributed by atoms with Gasteiger partial charge in [0, 0.05) is 17.8 Å². The fourth-order valence-corrected chi connectivity index (χ4v) is 2.98. The van der Waals surface area contributed by atoms with Gasteiger partial charge in [0.2, 0.25) is 0 Å². The molecule has 0 unspecified atom stereocenters. The minimum atomic E-state index is -0.151. The number of amides is 1. The van der Waals surface area contributed by atoms with Gasteiger partial charge in [0.25, 0.3) is 5.91 Å². The lowest BCUT2D eigenvalue weighted by Crippen LogP contribution is -2.25. The highest BCUT2D eigenvalue weighted by Gasteiger charge is 2.09. The summed E-state index contributed by atoms with van der Waals surface area (Å²) in [4.78, 5) is 16.6. The topological polar surface area (TPSA) is 63.2 Å². The van der Waals surface area contributed by atoms with Gasteiger partial charge in [0.05, 0.1) is 30.2 Å². The SMILES string of the molecule is COc1ccc(Cl)cc1Nc1cncc(C(=O)NCCCc2ccccc2)c1. The van der Waals surface area contributed by atoms with Crippen LogP contribution < -0.4 is 15.4 Å². The van der Waals surface area contributed by atoms with Gasteiger partial charge in [-0.25, -0.2) is 0 Å². The first-order valence-corrected chi connectivity index (χ1v) is 9.41. The van der Waals surface area contributed by atoms with E-state index in [1.54, 1.807) is 43.8 Å². The smallest absolute Gasteiger partial charge is 0.252 e. The quantitative estimate of drug-likeness (QED) is 0.535. The van der Waals surface area contributed by atoms with Crippen LogP contribution in [-0.4, -0.2) is 24.5 Å². The molecule has 144 valence electrons. The van der Waals surface area contributed by atoms with Crippen molar-refractivity contribution in [3.8, 4) is 5.75 Å². The zero-order valence-electron chi connectivity index (χ0n) is 15.6. The van der Waals surface area contributed by atoms with Gasteiger partial charge < -0.3 is 15.4 Å². The van der Waals surface area contributed by atoms with E-state index in [9.17, 15) is 4.79 Å². The summed E-state index contributed by atoms with van der Waals surface area (Å²) in [7, 11) is 1.59. The summed E-state index contributed by atoms with van der Waals surface area (Å²) in [6.07, 6.45) is 5.00. The number of rotatable bonds is 8. The predicted molar refractivity (Wildman–Crippen MR) is 113 cm³/mol. The van der Waals surface area contributed by atoms with Crippen molar-refractivity contribution in [2.75, 3.05) is 19.0 Å². The van der Waals surface area contributed by atoms with Gasteiger partial charge in [-0.15, -0.1) is 0 Å². The third-order valence-electron chi connectivity index (χ3n) is 4.21. The van der Waals surface area contributed by atoms with Crippen LogP contribution in [0.3, 0.4) is 0 Å². The molecule has 0 aliphatic carbocycles. The van der Waals surface area contributed by atoms with Crippen LogP contribution in [0, 0.1) is 0 Å². The number of carbonyl (C=O) groups is 1. The molecule has 1 aromatic heterocycles. The van der Waals surface area contributed by atoms with E-state index in [0.29, 0.717) is 34.3 Å². The summed E-state index contributed by atoms with van der Waals surface area (Å²) >= 11 is 6.06. The van der Waals surface area contributed by atoms with Crippen LogP contribution in [0.15, 0.2) is 67.0 Å². The fourth-order valence-electron chi connectivity index (χ4n) is 2.81. The lowest BCUT2D eigenvalue weighted by Gasteiger charge is -2.12. The third-order valence-corrected chi connectivity index (χ3v) is 4.45. The minimum absolute atomic E-state index is 0.151. The van der Waals surface area contributed by atoms with E-state index in [1.807, 2.05) is 18.2 Å². The number of aromatic nitrogens is 1. The van der Waals surface area contributed by atoms with Crippen molar-refractivity contribution in [3.05, 3.63) is 83.1 Å². The molecule has 2 N–H and O–H groups in total. The molecule has 0 aliphatic heterocycles. The Hall–Kier alpha value is -3.05. The average Bonchev–Trinajstić information content (AvgIpc) is 2.72. The highest BCUT2D eigenvalue weighted by Crippen LogP contribution is 2.30. The van der Waals surface area contributed by atoms with E-state index in [0.717, 1.165) is 12.8 Å². The van der Waals surface area contributed by atoms with Gasteiger partial charge in [-0.05, 0) is 42.7 Å². The number of hydrogen-bond acceptors (Lipinski definition) is 4. The van der Waals surface area contributed by atoms with Crippen LogP contribution >= 0.6 is 11.6 Å². The molecule has 6 heteroatoms. The number of benzene rings is 2. The van der Waals surface area contributed by atoms with Crippen molar-refractivity contribution in [2.45, 2.75) is 12.8 Å². The zero-order valence-corrected chi connectivity index (χ0v) is 16.4. The number of carbonyl (C=O) groups excluding carboxylic acids is 1. The normalized spacial score (nSPS) is 10.4. The molecule has 1 amide bonds. The molecule has 28 heavy (non-hydrogen) atoms. The number of anilines is 2. The first-order valence-electron chi connectivity index (χ1n) is 9.03. The first kappa shape index (κ1) is 19.7. The number of ether oxygens (including phenoxy) is 1. The Morgan fingerprint density at radius 1 is 1.11 bits per heavy atom. The van der Waals surface area contributed by atoms with E-state index >= 15 is 0 Å². The van der Waals surface area contributed by atoms with Gasteiger partial charge in [0.1, 0.15) is 5.75 Å². The molecule has 0 radical (unpaired) electrons. The summed E-state index contributed by atoms with van der Waals surface area (Å²) in [5.41, 5.74) is 3.14. The van der Waals surface area contributed by atoms with E-state index in [1.165, 1.54) is 5.56 Å². The predicted octanol–water partition coefficient (Wildman–Crippen LogP) is 4.85. The minimum Gasteiger partial charge on any atom is -0.495 e. The number of hydrogen-bond donors (Lipinski definition) is 2. The molecule has 0 aliphatic rings. The second kappa shape index (κ2) is 9.76. The molecule has 0 fully saturated rings. The second-order valence-corrected chi connectivity index (χ2v) is 6.71. The Kier molecular flexibility index (Phi) is 6.87. The zero-order chi connectivity index (χ0) is 19.8. The van der Waals surface area contributed by atoms with Crippen LogP contribution in [0.1, 0.15) is 22.3 Å². The van der Waals surface area contributed by atoms with Crippen LogP contribution in [0.25, 0.3) is 0 Å². The Balaban J connectivity index is 1.58. The first-order chi connectivity index (χ1) is 13.7. The van der Waals surface area contributed by atoms with Crippen LogP contribution in [-0.2, 0) is 6.42 Å². The summed E-state index contributed by atoms with van der Waals surface area (Å²) in [6, 6.07) is 17.3. The van der Waals surface area contributed by atoms with E-state index in [2.05, 4.69) is 27.8 Å². The molecule has 0 bridgehead atoms. The molecule has 3 aromatic rings. The largest absolute Gasteiger partial charge is 0.495 e. The molecule has 5 nitrogen and oxygen atoms in total. The molecule has 0 spiro atoms. The van der Waals surface area contributed by atoms with Crippen molar-refractivity contribution >= 4 is 28.9 Å².